The fourth-order valence-electron chi connectivity index (χ4n) is 2.53. The minimum Gasteiger partial charge on any atom is -0.203 e. The van der Waals surface area contributed by atoms with Gasteiger partial charge in [-0.15, -0.1) is 11.3 Å². The largest absolute Gasteiger partial charge is 0.203 e. The van der Waals surface area contributed by atoms with Crippen molar-refractivity contribution >= 4 is 16.9 Å². The van der Waals surface area contributed by atoms with Crippen LogP contribution >= 0.6 is 11.3 Å². The third-order valence-electron chi connectivity index (χ3n) is 3.79. The third kappa shape index (κ3) is 2.70. The Morgan fingerprint density at radius 3 is 2.19 bits per heavy atom. The second kappa shape index (κ2) is 5.57. The number of benzene rings is 1. The summed E-state index contributed by atoms with van der Waals surface area (Å²) < 4.78 is 28.8. The number of hydrogen-bond acceptors (Lipinski definition) is 1. The highest BCUT2D eigenvalue weighted by atomic mass is 32.1. The predicted molar refractivity (Wildman–Crippen MR) is 85.4 cm³/mol. The van der Waals surface area contributed by atoms with E-state index in [9.17, 15) is 8.78 Å². The van der Waals surface area contributed by atoms with E-state index in [0.717, 1.165) is 28.2 Å². The molecule has 0 aliphatic heterocycles. The molecule has 108 valence electrons. The Hall–Kier alpha value is -1.74. The Bertz CT molecular complexity index is 751. The first-order chi connectivity index (χ1) is 10.1. The first-order valence-corrected chi connectivity index (χ1v) is 7.79. The number of rotatable bonds is 2. The van der Waals surface area contributed by atoms with Crippen molar-refractivity contribution in [1.29, 1.82) is 0 Å². The molecule has 0 amide bonds. The quantitative estimate of drug-likeness (QED) is 0.626. The lowest BCUT2D eigenvalue weighted by Crippen LogP contribution is -1.98. The predicted octanol–water partition coefficient (Wildman–Crippen LogP) is 6.13. The maximum atomic E-state index is 14.4. The minimum atomic E-state index is -0.749. The van der Waals surface area contributed by atoms with Gasteiger partial charge in [-0.25, -0.2) is 8.78 Å². The first-order valence-electron chi connectivity index (χ1n) is 6.98. The molecule has 0 atom stereocenters. The van der Waals surface area contributed by atoms with E-state index >= 15 is 0 Å². The molecule has 0 spiro atoms. The van der Waals surface area contributed by atoms with Gasteiger partial charge in [0.2, 0.25) is 0 Å². The van der Waals surface area contributed by atoms with Crippen LogP contribution in [0.15, 0.2) is 42.0 Å². The van der Waals surface area contributed by atoms with E-state index in [-0.39, 0.29) is 0 Å². The molecule has 0 unspecified atom stereocenters. The summed E-state index contributed by atoms with van der Waals surface area (Å²) in [6.45, 7) is 4.00. The summed E-state index contributed by atoms with van der Waals surface area (Å²) in [5, 5.41) is 0. The molecule has 0 N–H and O–H groups in total. The van der Waals surface area contributed by atoms with Crippen molar-refractivity contribution in [2.24, 2.45) is 0 Å². The van der Waals surface area contributed by atoms with E-state index < -0.39 is 11.6 Å². The van der Waals surface area contributed by atoms with Crippen LogP contribution in [0.5, 0.6) is 0 Å². The molecule has 3 heteroatoms. The van der Waals surface area contributed by atoms with Crippen molar-refractivity contribution in [3.63, 3.8) is 0 Å². The number of hydrogen-bond donors (Lipinski definition) is 0. The van der Waals surface area contributed by atoms with Gasteiger partial charge in [0, 0.05) is 20.9 Å². The molecule has 0 saturated heterocycles. The molecule has 0 radical (unpaired) electrons. The summed E-state index contributed by atoms with van der Waals surface area (Å²) in [6.07, 6.45) is 5.54. The molecule has 1 aromatic carbocycles. The van der Waals surface area contributed by atoms with E-state index in [1.54, 1.807) is 12.1 Å². The van der Waals surface area contributed by atoms with Crippen LogP contribution in [0, 0.1) is 18.6 Å². The van der Waals surface area contributed by atoms with Crippen LogP contribution in [-0.2, 0) is 0 Å². The van der Waals surface area contributed by atoms with Crippen LogP contribution in [0.3, 0.4) is 0 Å². The van der Waals surface area contributed by atoms with Crippen molar-refractivity contribution < 1.29 is 8.78 Å². The van der Waals surface area contributed by atoms with Gasteiger partial charge >= 0.3 is 0 Å². The van der Waals surface area contributed by atoms with Crippen molar-refractivity contribution in [2.75, 3.05) is 0 Å². The fraction of sp³-hybridized carbons (Fsp3) is 0.222. The van der Waals surface area contributed by atoms with Gasteiger partial charge in [0.1, 0.15) is 0 Å². The molecule has 0 saturated carbocycles. The van der Waals surface area contributed by atoms with Gasteiger partial charge < -0.3 is 0 Å². The molecule has 1 aliphatic rings. The minimum absolute atomic E-state index is 0.345. The van der Waals surface area contributed by atoms with Gasteiger partial charge in [-0.05, 0) is 50.5 Å². The summed E-state index contributed by atoms with van der Waals surface area (Å²) in [5.74, 6) is -1.49. The highest BCUT2D eigenvalue weighted by Crippen LogP contribution is 2.35. The molecular formula is C18H16F2S. The lowest BCUT2D eigenvalue weighted by Gasteiger charge is -2.14. The molecule has 1 aliphatic carbocycles. The van der Waals surface area contributed by atoms with Crippen LogP contribution in [0.25, 0.3) is 16.0 Å². The van der Waals surface area contributed by atoms with Crippen LogP contribution in [-0.4, -0.2) is 0 Å². The Labute approximate surface area is 127 Å². The van der Waals surface area contributed by atoms with Crippen LogP contribution < -0.4 is 0 Å². The SMILES string of the molecule is CC1=CC=C(c2ccc(-c3ccc(C)s3)c(F)c2F)CC1. The molecule has 1 aromatic heterocycles. The van der Waals surface area contributed by atoms with E-state index in [1.807, 2.05) is 38.1 Å². The zero-order chi connectivity index (χ0) is 15.0. The number of halogens is 2. The van der Waals surface area contributed by atoms with Crippen molar-refractivity contribution in [2.45, 2.75) is 26.7 Å². The summed E-state index contributed by atoms with van der Waals surface area (Å²) in [6, 6.07) is 7.14. The third-order valence-corrected chi connectivity index (χ3v) is 4.83. The van der Waals surface area contributed by atoms with Crippen molar-refractivity contribution in [3.8, 4) is 10.4 Å². The maximum Gasteiger partial charge on any atom is 0.168 e. The van der Waals surface area contributed by atoms with E-state index in [1.165, 1.54) is 16.9 Å². The Morgan fingerprint density at radius 2 is 1.57 bits per heavy atom. The van der Waals surface area contributed by atoms with Gasteiger partial charge in [0.25, 0.3) is 0 Å². The topological polar surface area (TPSA) is 0 Å². The van der Waals surface area contributed by atoms with Crippen LogP contribution in [0.2, 0.25) is 0 Å². The maximum absolute atomic E-state index is 14.4. The summed E-state index contributed by atoms with van der Waals surface area (Å²) in [7, 11) is 0. The van der Waals surface area contributed by atoms with Crippen LogP contribution in [0.1, 0.15) is 30.2 Å². The second-order valence-electron chi connectivity index (χ2n) is 5.40. The Morgan fingerprint density at radius 1 is 0.857 bits per heavy atom. The molecule has 2 aromatic rings. The number of aryl methyl sites for hydroxylation is 1. The number of allylic oxidation sites excluding steroid dienone is 4. The van der Waals surface area contributed by atoms with Gasteiger partial charge in [0.05, 0.1) is 0 Å². The van der Waals surface area contributed by atoms with E-state index in [4.69, 9.17) is 0 Å². The molecular weight excluding hydrogens is 286 g/mol. The molecule has 21 heavy (non-hydrogen) atoms. The Kier molecular flexibility index (Phi) is 3.77. The van der Waals surface area contributed by atoms with Gasteiger partial charge in [-0.2, -0.15) is 0 Å². The molecule has 0 nitrogen and oxygen atoms in total. The normalized spacial score (nSPS) is 14.9. The van der Waals surface area contributed by atoms with Crippen molar-refractivity contribution in [1.82, 2.24) is 0 Å². The lowest BCUT2D eigenvalue weighted by molar-refractivity contribution is 0.508. The van der Waals surface area contributed by atoms with Gasteiger partial charge in [0.15, 0.2) is 11.6 Å². The summed E-state index contributed by atoms with van der Waals surface area (Å²) in [4.78, 5) is 1.85. The average molecular weight is 302 g/mol. The lowest BCUT2D eigenvalue weighted by atomic mass is 9.92. The highest BCUT2D eigenvalue weighted by molar-refractivity contribution is 7.15. The Balaban J connectivity index is 2.05. The molecule has 1 heterocycles. The van der Waals surface area contributed by atoms with Gasteiger partial charge in [-0.1, -0.05) is 23.8 Å². The summed E-state index contributed by atoms with van der Waals surface area (Å²) >= 11 is 1.47. The molecule has 0 fully saturated rings. The van der Waals surface area contributed by atoms with Gasteiger partial charge in [-0.3, -0.25) is 0 Å². The zero-order valence-corrected chi connectivity index (χ0v) is 12.9. The molecule has 3 rings (SSSR count). The van der Waals surface area contributed by atoms with E-state index in [2.05, 4.69) is 0 Å². The smallest absolute Gasteiger partial charge is 0.168 e. The van der Waals surface area contributed by atoms with Crippen molar-refractivity contribution in [3.05, 3.63) is 64.1 Å². The first kappa shape index (κ1) is 14.2. The fourth-order valence-corrected chi connectivity index (χ4v) is 3.42. The monoisotopic (exact) mass is 302 g/mol. The standard InChI is InChI=1S/C18H16F2S/c1-11-3-6-13(7-4-11)14-8-9-15(18(20)17(14)19)16-10-5-12(2)21-16/h3,5-6,8-10H,4,7H2,1-2H3. The van der Waals surface area contributed by atoms with Crippen LogP contribution in [0.4, 0.5) is 8.78 Å². The summed E-state index contributed by atoms with van der Waals surface area (Å²) in [5.41, 5.74) is 2.86. The number of thiophene rings is 1. The highest BCUT2D eigenvalue weighted by Gasteiger charge is 2.18. The average Bonchev–Trinajstić information content (AvgIpc) is 2.89. The molecule has 0 bridgehead atoms. The zero-order valence-electron chi connectivity index (χ0n) is 12.0. The van der Waals surface area contributed by atoms with E-state index in [0.29, 0.717) is 11.1 Å². The second-order valence-corrected chi connectivity index (χ2v) is 6.69.